The van der Waals surface area contributed by atoms with Crippen molar-refractivity contribution in [2.24, 2.45) is 0 Å². The van der Waals surface area contributed by atoms with Crippen molar-refractivity contribution in [3.05, 3.63) is 47.6 Å². The maximum absolute atomic E-state index is 13.4. The van der Waals surface area contributed by atoms with Crippen molar-refractivity contribution in [2.75, 3.05) is 6.54 Å². The quantitative estimate of drug-likeness (QED) is 0.421. The molecule has 0 saturated heterocycles. The molecule has 3 aliphatic carbocycles. The number of nitrogens with zero attached hydrogens (tertiary/aromatic N) is 3. The number of alkyl carbamates (subject to hydrolysis) is 1. The summed E-state index contributed by atoms with van der Waals surface area (Å²) < 4.78 is 17.1. The third-order valence-corrected chi connectivity index (χ3v) is 8.00. The first-order valence-electron chi connectivity index (χ1n) is 14.7. The molecule has 218 valence electrons. The highest BCUT2D eigenvalue weighted by Gasteiger charge is 2.55. The zero-order chi connectivity index (χ0) is 28.7. The SMILES string of the molecule is CC(C)(C)OC(=O)N[C@@H]1CCC[C@@H](c2nc(C3(CN(C(=O)OC(C)(C)C)[C@@H]4C[C@H]4c4ccccc4)CC3)no2)C1. The van der Waals surface area contributed by atoms with E-state index in [2.05, 4.69) is 22.6 Å². The first-order chi connectivity index (χ1) is 18.8. The van der Waals surface area contributed by atoms with Gasteiger partial charge in [-0.1, -0.05) is 41.9 Å². The first-order valence-corrected chi connectivity index (χ1v) is 14.7. The van der Waals surface area contributed by atoms with E-state index in [1.807, 2.05) is 64.6 Å². The van der Waals surface area contributed by atoms with Crippen molar-refractivity contribution in [1.29, 1.82) is 0 Å². The van der Waals surface area contributed by atoms with E-state index >= 15 is 0 Å². The van der Waals surface area contributed by atoms with Gasteiger partial charge in [0.05, 0.1) is 5.41 Å². The normalized spacial score (nSPS) is 25.6. The summed E-state index contributed by atoms with van der Waals surface area (Å²) in [5.74, 6) is 1.69. The van der Waals surface area contributed by atoms with Gasteiger partial charge in [0.2, 0.25) is 5.89 Å². The molecule has 3 fully saturated rings. The molecule has 1 aromatic carbocycles. The van der Waals surface area contributed by atoms with Crippen LogP contribution in [0.1, 0.15) is 116 Å². The molecule has 1 heterocycles. The van der Waals surface area contributed by atoms with E-state index in [-0.39, 0.29) is 29.5 Å². The van der Waals surface area contributed by atoms with Gasteiger partial charge in [-0.25, -0.2) is 9.59 Å². The molecule has 2 amide bonds. The summed E-state index contributed by atoms with van der Waals surface area (Å²) in [6, 6.07) is 10.5. The van der Waals surface area contributed by atoms with Crippen LogP contribution in [0.5, 0.6) is 0 Å². The average molecular weight is 553 g/mol. The van der Waals surface area contributed by atoms with Crippen molar-refractivity contribution in [1.82, 2.24) is 20.4 Å². The van der Waals surface area contributed by atoms with Crippen LogP contribution in [0, 0.1) is 0 Å². The Labute approximate surface area is 237 Å². The Balaban J connectivity index is 1.27. The van der Waals surface area contributed by atoms with Gasteiger partial charge in [-0.2, -0.15) is 4.98 Å². The van der Waals surface area contributed by atoms with Crippen molar-refractivity contribution < 1.29 is 23.6 Å². The molecular formula is C31H44N4O5. The standard InChI is InChI=1S/C31H44N4O5/c1-29(2,3)38-27(36)32-22-14-10-13-21(17-22)25-33-26(34-40-25)31(15-16-31)19-35(28(37)39-30(4,5)6)24-18-23(24)20-11-8-7-9-12-20/h7-9,11-12,21-24H,10,13-19H2,1-6H3,(H,32,36)/t21-,22-,23+,24-/m1/s1. The summed E-state index contributed by atoms with van der Waals surface area (Å²) >= 11 is 0. The number of aromatic nitrogens is 2. The summed E-state index contributed by atoms with van der Waals surface area (Å²) in [5.41, 5.74) is -0.175. The Morgan fingerprint density at radius 2 is 1.73 bits per heavy atom. The molecule has 3 saturated carbocycles. The van der Waals surface area contributed by atoms with E-state index in [0.29, 0.717) is 24.2 Å². The predicted octanol–water partition coefficient (Wildman–Crippen LogP) is 6.45. The largest absolute Gasteiger partial charge is 0.444 e. The third kappa shape index (κ3) is 6.96. The average Bonchev–Trinajstić information content (AvgIpc) is 3.77. The fourth-order valence-electron chi connectivity index (χ4n) is 5.79. The topological polar surface area (TPSA) is 107 Å². The van der Waals surface area contributed by atoms with Gasteiger partial charge in [-0.15, -0.1) is 0 Å². The number of benzene rings is 1. The van der Waals surface area contributed by atoms with Gasteiger partial charge in [-0.05, 0) is 85.6 Å². The highest BCUT2D eigenvalue weighted by molar-refractivity contribution is 5.70. The van der Waals surface area contributed by atoms with E-state index < -0.39 is 17.3 Å². The molecule has 1 aromatic heterocycles. The number of carbonyl (C=O) groups is 2. The number of amides is 2. The van der Waals surface area contributed by atoms with Gasteiger partial charge in [0.1, 0.15) is 11.2 Å². The summed E-state index contributed by atoms with van der Waals surface area (Å²) in [5, 5.41) is 7.44. The van der Waals surface area contributed by atoms with Crippen LogP contribution in [0.25, 0.3) is 0 Å². The van der Waals surface area contributed by atoms with Crippen molar-refractivity contribution in [2.45, 2.75) is 127 Å². The van der Waals surface area contributed by atoms with Crippen molar-refractivity contribution >= 4 is 12.2 Å². The third-order valence-electron chi connectivity index (χ3n) is 8.00. The number of hydrogen-bond acceptors (Lipinski definition) is 7. The monoisotopic (exact) mass is 552 g/mol. The Morgan fingerprint density at radius 1 is 1.02 bits per heavy atom. The second kappa shape index (κ2) is 10.7. The molecule has 2 aromatic rings. The molecule has 0 bridgehead atoms. The molecule has 9 nitrogen and oxygen atoms in total. The van der Waals surface area contributed by atoms with Crippen LogP contribution < -0.4 is 5.32 Å². The lowest BCUT2D eigenvalue weighted by molar-refractivity contribution is 0.0208. The number of carbonyl (C=O) groups excluding carboxylic acids is 2. The van der Waals surface area contributed by atoms with Crippen LogP contribution in [0.15, 0.2) is 34.9 Å². The zero-order valence-electron chi connectivity index (χ0n) is 24.7. The number of rotatable bonds is 7. The minimum absolute atomic E-state index is 0.00582. The Kier molecular flexibility index (Phi) is 7.61. The maximum Gasteiger partial charge on any atom is 0.410 e. The summed E-state index contributed by atoms with van der Waals surface area (Å²) in [6.45, 7) is 11.8. The van der Waals surface area contributed by atoms with Crippen LogP contribution in [0.3, 0.4) is 0 Å². The maximum atomic E-state index is 13.4. The van der Waals surface area contributed by atoms with Gasteiger partial charge in [0.15, 0.2) is 5.82 Å². The van der Waals surface area contributed by atoms with Crippen molar-refractivity contribution in [3.8, 4) is 0 Å². The van der Waals surface area contributed by atoms with Crippen LogP contribution in [-0.2, 0) is 14.9 Å². The Hall–Kier alpha value is -3.10. The van der Waals surface area contributed by atoms with E-state index in [9.17, 15) is 9.59 Å². The van der Waals surface area contributed by atoms with E-state index in [4.69, 9.17) is 19.0 Å². The summed E-state index contributed by atoms with van der Waals surface area (Å²) in [7, 11) is 0. The smallest absolute Gasteiger partial charge is 0.410 e. The summed E-state index contributed by atoms with van der Waals surface area (Å²) in [4.78, 5) is 32.5. The number of hydrogen-bond donors (Lipinski definition) is 1. The summed E-state index contributed by atoms with van der Waals surface area (Å²) in [6.07, 6.45) is 5.59. The molecule has 0 radical (unpaired) electrons. The second-order valence-corrected chi connectivity index (χ2v) is 13.9. The molecular weight excluding hydrogens is 508 g/mol. The lowest BCUT2D eigenvalue weighted by Gasteiger charge is -2.30. The highest BCUT2D eigenvalue weighted by atomic mass is 16.6. The first kappa shape index (κ1) is 28.4. The zero-order valence-corrected chi connectivity index (χ0v) is 24.7. The molecule has 1 N–H and O–H groups in total. The number of ether oxygens (including phenoxy) is 2. The minimum atomic E-state index is -0.576. The van der Waals surface area contributed by atoms with Crippen LogP contribution in [0.4, 0.5) is 9.59 Å². The number of nitrogens with one attached hydrogen (secondary N) is 1. The Bertz CT molecular complexity index is 1190. The predicted molar refractivity (Wildman–Crippen MR) is 150 cm³/mol. The molecule has 0 unspecified atom stereocenters. The molecule has 3 aliphatic rings. The molecule has 0 spiro atoms. The van der Waals surface area contributed by atoms with Gasteiger partial charge in [0, 0.05) is 30.5 Å². The molecule has 0 aliphatic heterocycles. The van der Waals surface area contributed by atoms with Crippen LogP contribution in [0.2, 0.25) is 0 Å². The molecule has 5 rings (SSSR count). The highest BCUT2D eigenvalue weighted by Crippen LogP contribution is 2.52. The van der Waals surface area contributed by atoms with E-state index in [1.165, 1.54) is 5.56 Å². The Morgan fingerprint density at radius 3 is 2.38 bits per heavy atom. The van der Waals surface area contributed by atoms with E-state index in [0.717, 1.165) is 44.9 Å². The lowest BCUT2D eigenvalue weighted by Crippen LogP contribution is -2.43. The van der Waals surface area contributed by atoms with Gasteiger partial charge < -0.3 is 24.2 Å². The van der Waals surface area contributed by atoms with Gasteiger partial charge in [0.25, 0.3) is 0 Å². The fourth-order valence-corrected chi connectivity index (χ4v) is 5.79. The molecule has 9 heteroatoms. The second-order valence-electron chi connectivity index (χ2n) is 13.9. The van der Waals surface area contributed by atoms with Gasteiger partial charge >= 0.3 is 12.2 Å². The lowest BCUT2D eigenvalue weighted by atomic mass is 9.85. The fraction of sp³-hybridized carbons (Fsp3) is 0.677. The van der Waals surface area contributed by atoms with E-state index in [1.54, 1.807) is 0 Å². The van der Waals surface area contributed by atoms with Crippen LogP contribution >= 0.6 is 0 Å². The van der Waals surface area contributed by atoms with Crippen LogP contribution in [-0.4, -0.2) is 57.1 Å². The molecule has 40 heavy (non-hydrogen) atoms. The van der Waals surface area contributed by atoms with Gasteiger partial charge in [-0.3, -0.25) is 0 Å². The molecule has 4 atom stereocenters. The van der Waals surface area contributed by atoms with Crippen molar-refractivity contribution in [3.63, 3.8) is 0 Å². The minimum Gasteiger partial charge on any atom is -0.444 e.